The summed E-state index contributed by atoms with van der Waals surface area (Å²) < 4.78 is 1.91. The van der Waals surface area contributed by atoms with Crippen molar-refractivity contribution < 1.29 is 20.1 Å². The van der Waals surface area contributed by atoms with E-state index in [1.54, 1.807) is 12.4 Å². The Bertz CT molecular complexity index is 1360. The molecule has 4 nitrogen and oxygen atoms in total. The van der Waals surface area contributed by atoms with Crippen LogP contribution >= 0.6 is 0 Å². The molecule has 3 aromatic heterocycles. The maximum Gasteiger partial charge on any atom is 0.0552 e. The van der Waals surface area contributed by atoms with Crippen molar-refractivity contribution in [3.8, 4) is 39.6 Å². The molecule has 0 bridgehead atoms. The van der Waals surface area contributed by atoms with Crippen LogP contribution in [0.3, 0.4) is 0 Å². The number of benzene rings is 3. The predicted molar refractivity (Wildman–Crippen MR) is 140 cm³/mol. The van der Waals surface area contributed by atoms with Crippen LogP contribution in [0.5, 0.6) is 0 Å². The van der Waals surface area contributed by atoms with Crippen molar-refractivity contribution in [3.05, 3.63) is 146 Å². The Morgan fingerprint density at radius 3 is 1.83 bits per heavy atom. The summed E-state index contributed by atoms with van der Waals surface area (Å²) >= 11 is 0. The van der Waals surface area contributed by atoms with Crippen molar-refractivity contribution in [1.82, 2.24) is 19.5 Å². The molecule has 36 heavy (non-hydrogen) atoms. The summed E-state index contributed by atoms with van der Waals surface area (Å²) in [6, 6.07) is 43.0. The van der Waals surface area contributed by atoms with Crippen LogP contribution in [0.15, 0.2) is 134 Å². The van der Waals surface area contributed by atoms with Gasteiger partial charge in [0.15, 0.2) is 0 Å². The van der Waals surface area contributed by atoms with Gasteiger partial charge in [-0.2, -0.15) is 0 Å². The Morgan fingerprint density at radius 2 is 1.22 bits per heavy atom. The number of nitrogens with zero attached hydrogens (tertiary/aromatic N) is 4. The molecule has 3 aromatic carbocycles. The molecule has 0 aliphatic rings. The quantitative estimate of drug-likeness (QED) is 0.196. The third-order valence-corrected chi connectivity index (χ3v) is 5.33. The zero-order valence-electron chi connectivity index (χ0n) is 19.3. The fourth-order valence-electron chi connectivity index (χ4n) is 3.69. The van der Waals surface area contributed by atoms with E-state index < -0.39 is 0 Å². The predicted octanol–water partition coefficient (Wildman–Crippen LogP) is 6.95. The minimum atomic E-state index is 0. The second-order valence-electron chi connectivity index (χ2n) is 7.66. The van der Waals surface area contributed by atoms with Crippen molar-refractivity contribution in [1.29, 1.82) is 0 Å². The average molecular weight is 643 g/mol. The Labute approximate surface area is 224 Å². The van der Waals surface area contributed by atoms with Gasteiger partial charge in [0, 0.05) is 38.8 Å². The molecule has 0 saturated carbocycles. The molecule has 6 aromatic rings. The summed E-state index contributed by atoms with van der Waals surface area (Å²) in [6.45, 7) is 0. The normalized spacial score (nSPS) is 10.0. The fraction of sp³-hybridized carbons (Fsp3) is 0. The molecule has 0 spiro atoms. The molecule has 5 heteroatoms. The molecule has 6 rings (SSSR count). The molecule has 0 aliphatic heterocycles. The summed E-state index contributed by atoms with van der Waals surface area (Å²) in [5.41, 5.74) is 6.07. The average Bonchev–Trinajstić information content (AvgIpc) is 3.41. The van der Waals surface area contributed by atoms with Crippen LogP contribution in [0.4, 0.5) is 0 Å². The zero-order valence-corrected chi connectivity index (χ0v) is 21.7. The summed E-state index contributed by atoms with van der Waals surface area (Å²) in [6.07, 6.45) is 6.66. The summed E-state index contributed by atoms with van der Waals surface area (Å²) in [5.74, 6) is 0.807. The molecule has 0 N–H and O–H groups in total. The third kappa shape index (κ3) is 5.89. The van der Waals surface area contributed by atoms with Crippen LogP contribution in [0.2, 0.25) is 0 Å². The van der Waals surface area contributed by atoms with Crippen molar-refractivity contribution in [2.75, 3.05) is 0 Å². The molecule has 0 fully saturated rings. The van der Waals surface area contributed by atoms with E-state index in [2.05, 4.69) is 51.6 Å². The van der Waals surface area contributed by atoms with Gasteiger partial charge in [-0.15, -0.1) is 35.9 Å². The monoisotopic (exact) mass is 643 g/mol. The molecule has 177 valence electrons. The Balaban J connectivity index is 0.000000198. The van der Waals surface area contributed by atoms with Crippen LogP contribution in [0.25, 0.3) is 39.6 Å². The maximum atomic E-state index is 4.54. The number of imidazole rings is 1. The molecule has 0 amide bonds. The van der Waals surface area contributed by atoms with Crippen LogP contribution in [0.1, 0.15) is 0 Å². The molecule has 1 radical (unpaired) electrons. The summed E-state index contributed by atoms with van der Waals surface area (Å²) in [5, 5.41) is 0. The Kier molecular flexibility index (Phi) is 8.66. The summed E-state index contributed by atoms with van der Waals surface area (Å²) in [7, 11) is 0. The number of aromatic nitrogens is 4. The van der Waals surface area contributed by atoms with Gasteiger partial charge in [-0.3, -0.25) is 4.98 Å². The van der Waals surface area contributed by atoms with Crippen LogP contribution in [-0.4, -0.2) is 19.5 Å². The smallest absolute Gasteiger partial charge is 0.0552 e. The second kappa shape index (κ2) is 12.5. The molecular formula is C31H22IrN4-2. The first-order chi connectivity index (χ1) is 17.4. The van der Waals surface area contributed by atoms with Gasteiger partial charge in [-0.1, -0.05) is 90.5 Å². The standard InChI is InChI=1S/C20H14N3.C11H8N.Ir/c1-3-9-16(10-4-1)19-20(17-11-5-2-6-12-17)23(15-22-19)18-13-7-8-14-21-18;1-2-6-10(7-3-1)11-8-4-5-9-12-11;/h1-14H;1-6,8-9H;/q2*-1;. The molecule has 0 saturated heterocycles. The van der Waals surface area contributed by atoms with Gasteiger partial charge in [0.25, 0.3) is 0 Å². The molecular weight excluding hydrogens is 621 g/mol. The van der Waals surface area contributed by atoms with E-state index in [0.29, 0.717) is 0 Å². The van der Waals surface area contributed by atoms with E-state index in [-0.39, 0.29) is 20.1 Å². The van der Waals surface area contributed by atoms with Crippen molar-refractivity contribution in [2.45, 2.75) is 0 Å². The van der Waals surface area contributed by atoms with Gasteiger partial charge in [0.1, 0.15) is 0 Å². The topological polar surface area (TPSA) is 43.6 Å². The first-order valence-corrected chi connectivity index (χ1v) is 11.3. The van der Waals surface area contributed by atoms with Gasteiger partial charge in [-0.25, -0.2) is 0 Å². The van der Waals surface area contributed by atoms with E-state index in [1.807, 2.05) is 102 Å². The third-order valence-electron chi connectivity index (χ3n) is 5.33. The largest absolute Gasteiger partial charge is 0.411 e. The maximum absolute atomic E-state index is 4.54. The first kappa shape index (κ1) is 24.9. The van der Waals surface area contributed by atoms with Crippen molar-refractivity contribution in [3.63, 3.8) is 0 Å². The second-order valence-corrected chi connectivity index (χ2v) is 7.66. The number of pyridine rings is 2. The van der Waals surface area contributed by atoms with Gasteiger partial charge in [0.2, 0.25) is 0 Å². The molecule has 0 unspecified atom stereocenters. The van der Waals surface area contributed by atoms with Crippen LogP contribution in [-0.2, 0) is 20.1 Å². The van der Waals surface area contributed by atoms with Crippen LogP contribution < -0.4 is 0 Å². The number of rotatable bonds is 4. The van der Waals surface area contributed by atoms with E-state index in [4.69, 9.17) is 0 Å². The van der Waals surface area contributed by atoms with E-state index in [1.165, 1.54) is 0 Å². The van der Waals surface area contributed by atoms with Gasteiger partial charge >= 0.3 is 0 Å². The zero-order chi connectivity index (χ0) is 23.7. The Hall–Kier alpha value is -4.18. The minimum Gasteiger partial charge on any atom is -0.411 e. The van der Waals surface area contributed by atoms with Crippen molar-refractivity contribution in [2.24, 2.45) is 0 Å². The molecule has 0 aliphatic carbocycles. The Morgan fingerprint density at radius 1 is 0.583 bits per heavy atom. The van der Waals surface area contributed by atoms with E-state index in [9.17, 15) is 0 Å². The van der Waals surface area contributed by atoms with Crippen LogP contribution in [0, 0.1) is 12.4 Å². The van der Waals surface area contributed by atoms with Gasteiger partial charge in [0.05, 0.1) is 5.82 Å². The molecule has 3 heterocycles. The first-order valence-electron chi connectivity index (χ1n) is 11.3. The number of hydrogen-bond donors (Lipinski definition) is 0. The van der Waals surface area contributed by atoms with E-state index in [0.717, 1.165) is 39.6 Å². The number of hydrogen-bond acceptors (Lipinski definition) is 3. The minimum absolute atomic E-state index is 0. The molecule has 0 atom stereocenters. The van der Waals surface area contributed by atoms with Gasteiger partial charge in [-0.05, 0) is 34.8 Å². The SMILES string of the molecule is [Ir].[c-]1ccccc1-c1ccccn1.[c-]1nc(-c2ccccc2)c(-c2ccccc2)n1-c1ccccn1. The van der Waals surface area contributed by atoms with Gasteiger partial charge < -0.3 is 14.5 Å². The van der Waals surface area contributed by atoms with E-state index >= 15 is 0 Å². The fourth-order valence-corrected chi connectivity index (χ4v) is 3.69. The van der Waals surface area contributed by atoms with Crippen molar-refractivity contribution >= 4 is 0 Å². The summed E-state index contributed by atoms with van der Waals surface area (Å²) in [4.78, 5) is 13.2.